The topological polar surface area (TPSA) is 139 Å². The number of nitrogens with two attached hydrogens (primary N) is 1. The molecule has 1 aromatic heterocycles. The number of hydrogen-bond acceptors (Lipinski definition) is 8. The number of anilines is 2. The van der Waals surface area contributed by atoms with Crippen LogP contribution in [0.1, 0.15) is 50.0 Å². The van der Waals surface area contributed by atoms with Crippen LogP contribution in [0.3, 0.4) is 0 Å². The number of nitrogens with zero attached hydrogens (tertiary/aromatic N) is 3. The highest BCUT2D eigenvalue weighted by molar-refractivity contribution is 6.00. The fourth-order valence-electron chi connectivity index (χ4n) is 5.15. The molecule has 5 rings (SSSR count). The Kier molecular flexibility index (Phi) is 5.82. The summed E-state index contributed by atoms with van der Waals surface area (Å²) in [5, 5.41) is 8.99. The first-order chi connectivity index (χ1) is 17.8. The number of hydroxylamine groups is 1. The zero-order valence-electron chi connectivity index (χ0n) is 21.4. The molecule has 1 amide bonds. The maximum absolute atomic E-state index is 16.2. The number of carboxylic acids is 1. The van der Waals surface area contributed by atoms with Gasteiger partial charge in [-0.15, -0.1) is 0 Å². The minimum atomic E-state index is -1.50. The van der Waals surface area contributed by atoms with Crippen molar-refractivity contribution < 1.29 is 33.1 Å². The Balaban J connectivity index is 1.58. The molecule has 1 aromatic carbocycles. The van der Waals surface area contributed by atoms with Crippen molar-refractivity contribution >= 4 is 34.3 Å². The van der Waals surface area contributed by atoms with Crippen LogP contribution in [0.4, 0.5) is 25.0 Å². The molecule has 204 valence electrons. The van der Waals surface area contributed by atoms with Gasteiger partial charge in [-0.3, -0.25) is 15.1 Å². The number of hydrogen-bond donors (Lipinski definition) is 3. The highest BCUT2D eigenvalue weighted by Gasteiger charge is 2.54. The number of fused-ring (bicyclic) bond motifs is 1. The standard InChI is InChI=1S/C25H29F2N5O6/c1-24(2,3)38-23(36)31-10-25(11-31)9-30(8-14(25)29-37-4)20-16(26)18(28)15-19(17(20)27)32(12-5-6-12)7-13(21(15)33)22(34)35/h7-8,12,29H,5-6,9-11,28H2,1-4H3,(H,34,35). The van der Waals surface area contributed by atoms with E-state index in [0.29, 0.717) is 18.5 Å². The Morgan fingerprint density at radius 1 is 1.18 bits per heavy atom. The van der Waals surface area contributed by atoms with Gasteiger partial charge in [0.05, 0.1) is 34.8 Å². The number of benzene rings is 1. The van der Waals surface area contributed by atoms with Gasteiger partial charge in [0, 0.05) is 38.1 Å². The van der Waals surface area contributed by atoms with Crippen LogP contribution in [-0.2, 0) is 9.57 Å². The van der Waals surface area contributed by atoms with Gasteiger partial charge in [-0.05, 0) is 33.6 Å². The summed E-state index contributed by atoms with van der Waals surface area (Å²) in [7, 11) is 1.39. The second kappa shape index (κ2) is 8.58. The Morgan fingerprint density at radius 2 is 1.84 bits per heavy atom. The summed E-state index contributed by atoms with van der Waals surface area (Å²) in [5.74, 6) is -3.71. The van der Waals surface area contributed by atoms with E-state index in [1.54, 1.807) is 20.8 Å². The molecular weight excluding hydrogens is 504 g/mol. The number of ether oxygens (including phenoxy) is 1. The zero-order chi connectivity index (χ0) is 27.7. The molecule has 1 aliphatic carbocycles. The van der Waals surface area contributed by atoms with Gasteiger partial charge in [-0.2, -0.15) is 0 Å². The van der Waals surface area contributed by atoms with E-state index in [9.17, 15) is 19.5 Å². The molecule has 2 fully saturated rings. The van der Waals surface area contributed by atoms with Crippen LogP contribution in [0.2, 0.25) is 0 Å². The molecule has 1 saturated carbocycles. The normalized spacial score (nSPS) is 18.5. The van der Waals surface area contributed by atoms with Crippen molar-refractivity contribution in [1.29, 1.82) is 0 Å². The molecule has 4 N–H and O–H groups in total. The predicted octanol–water partition coefficient (Wildman–Crippen LogP) is 2.94. The van der Waals surface area contributed by atoms with Gasteiger partial charge in [0.15, 0.2) is 11.6 Å². The number of carboxylic acid groups (broad SMARTS) is 1. The van der Waals surface area contributed by atoms with E-state index in [1.807, 2.05) is 0 Å². The lowest BCUT2D eigenvalue weighted by atomic mass is 9.78. The number of carbonyl (C=O) groups excluding carboxylic acids is 1. The maximum Gasteiger partial charge on any atom is 0.410 e. The number of nitrogens with one attached hydrogen (secondary N) is 1. The average molecular weight is 534 g/mol. The number of aromatic carboxylic acids is 1. The molecule has 13 heteroatoms. The molecule has 1 spiro atoms. The first-order valence-electron chi connectivity index (χ1n) is 12.1. The van der Waals surface area contributed by atoms with E-state index in [4.69, 9.17) is 15.3 Å². The summed E-state index contributed by atoms with van der Waals surface area (Å²) in [6, 6.07) is -0.233. The first kappa shape index (κ1) is 25.8. The lowest BCUT2D eigenvalue weighted by Crippen LogP contribution is -2.62. The van der Waals surface area contributed by atoms with Crippen molar-refractivity contribution in [3.63, 3.8) is 0 Å². The van der Waals surface area contributed by atoms with Crippen LogP contribution in [0.15, 0.2) is 22.9 Å². The fourth-order valence-corrected chi connectivity index (χ4v) is 5.15. The zero-order valence-corrected chi connectivity index (χ0v) is 21.4. The SMILES string of the molecule is CONC1=CN(c2c(F)c(N)c3c(=O)c(C(=O)O)cn(C4CC4)c3c2F)CC12CN(C(=O)OC(C)(C)C)C2. The molecule has 0 atom stereocenters. The van der Waals surface area contributed by atoms with Gasteiger partial charge >= 0.3 is 12.1 Å². The smallest absolute Gasteiger partial charge is 0.410 e. The monoisotopic (exact) mass is 533 g/mol. The Hall–Kier alpha value is -3.87. The molecule has 11 nitrogen and oxygen atoms in total. The van der Waals surface area contributed by atoms with Crippen molar-refractivity contribution in [2.24, 2.45) is 5.41 Å². The van der Waals surface area contributed by atoms with Crippen LogP contribution in [0, 0.1) is 17.0 Å². The summed E-state index contributed by atoms with van der Waals surface area (Å²) in [6.45, 7) is 5.77. The lowest BCUT2D eigenvalue weighted by Gasteiger charge is -2.49. The number of likely N-dealkylation sites (tertiary alicyclic amines) is 1. The molecule has 0 radical (unpaired) electrons. The van der Waals surface area contributed by atoms with E-state index in [0.717, 1.165) is 6.20 Å². The molecule has 1 saturated heterocycles. The Labute approximate surface area is 216 Å². The van der Waals surface area contributed by atoms with E-state index in [1.165, 1.54) is 27.7 Å². The summed E-state index contributed by atoms with van der Waals surface area (Å²) in [6.07, 6.45) is 3.37. The fraction of sp³-hybridized carbons (Fsp3) is 0.480. The van der Waals surface area contributed by atoms with Crippen LogP contribution in [-0.4, -0.2) is 59.0 Å². The van der Waals surface area contributed by atoms with E-state index < -0.39 is 62.5 Å². The van der Waals surface area contributed by atoms with Crippen molar-refractivity contribution in [2.45, 2.75) is 45.3 Å². The summed E-state index contributed by atoms with van der Waals surface area (Å²) >= 11 is 0. The van der Waals surface area contributed by atoms with Gasteiger partial charge in [0.25, 0.3) is 0 Å². The number of aromatic nitrogens is 1. The van der Waals surface area contributed by atoms with Crippen molar-refractivity contribution in [3.8, 4) is 0 Å². The highest BCUT2D eigenvalue weighted by Crippen LogP contribution is 2.47. The Bertz CT molecular complexity index is 1450. The molecular formula is C25H29F2N5O6. The third-order valence-electron chi connectivity index (χ3n) is 7.00. The lowest BCUT2D eigenvalue weighted by molar-refractivity contribution is -0.0267. The largest absolute Gasteiger partial charge is 0.477 e. The second-order valence-corrected chi connectivity index (χ2v) is 11.0. The maximum atomic E-state index is 16.2. The molecule has 2 aliphatic heterocycles. The molecule has 3 heterocycles. The Morgan fingerprint density at radius 3 is 2.39 bits per heavy atom. The number of nitrogen functional groups attached to an aromatic ring is 1. The highest BCUT2D eigenvalue weighted by atomic mass is 19.1. The number of halogens is 2. The summed E-state index contributed by atoms with van der Waals surface area (Å²) < 4.78 is 38.7. The molecule has 0 bridgehead atoms. The van der Waals surface area contributed by atoms with E-state index in [2.05, 4.69) is 5.48 Å². The molecule has 2 aromatic rings. The quantitative estimate of drug-likeness (QED) is 0.391. The summed E-state index contributed by atoms with van der Waals surface area (Å²) in [5.41, 5.74) is 4.88. The predicted molar refractivity (Wildman–Crippen MR) is 134 cm³/mol. The van der Waals surface area contributed by atoms with Crippen LogP contribution in [0.5, 0.6) is 0 Å². The van der Waals surface area contributed by atoms with Gasteiger partial charge in [0.1, 0.15) is 16.9 Å². The summed E-state index contributed by atoms with van der Waals surface area (Å²) in [4.78, 5) is 45.0. The number of pyridine rings is 1. The molecule has 0 unspecified atom stereocenters. The van der Waals surface area contributed by atoms with Crippen molar-refractivity contribution in [2.75, 3.05) is 37.4 Å². The van der Waals surface area contributed by atoms with Crippen LogP contribution >= 0.6 is 0 Å². The van der Waals surface area contributed by atoms with Gasteiger partial charge in [-0.25, -0.2) is 18.4 Å². The molecule has 3 aliphatic rings. The number of rotatable bonds is 5. The van der Waals surface area contributed by atoms with Crippen LogP contribution < -0.4 is 21.5 Å². The third-order valence-corrected chi connectivity index (χ3v) is 7.00. The van der Waals surface area contributed by atoms with Gasteiger partial charge in [0.2, 0.25) is 5.43 Å². The minimum absolute atomic E-state index is 0.0810. The first-order valence-corrected chi connectivity index (χ1v) is 12.1. The van der Waals surface area contributed by atoms with Gasteiger partial charge in [-0.1, -0.05) is 0 Å². The average Bonchev–Trinajstić information content (AvgIpc) is 3.56. The van der Waals surface area contributed by atoms with E-state index in [-0.39, 0.29) is 31.2 Å². The van der Waals surface area contributed by atoms with E-state index >= 15 is 8.78 Å². The number of carbonyl (C=O) groups is 2. The number of amides is 1. The van der Waals surface area contributed by atoms with Crippen LogP contribution in [0.25, 0.3) is 10.9 Å². The van der Waals surface area contributed by atoms with Crippen molar-refractivity contribution in [3.05, 3.63) is 45.5 Å². The second-order valence-electron chi connectivity index (χ2n) is 11.0. The molecule has 38 heavy (non-hydrogen) atoms. The third kappa shape index (κ3) is 4.01. The van der Waals surface area contributed by atoms with Gasteiger partial charge < -0.3 is 29.9 Å². The van der Waals surface area contributed by atoms with Crippen molar-refractivity contribution in [1.82, 2.24) is 14.9 Å². The minimum Gasteiger partial charge on any atom is -0.477 e.